The Bertz CT molecular complexity index is 1220. The fourth-order valence-electron chi connectivity index (χ4n) is 5.18. The van der Waals surface area contributed by atoms with Gasteiger partial charge in [0.15, 0.2) is 0 Å². The van der Waals surface area contributed by atoms with E-state index in [1.54, 1.807) is 7.11 Å². The molecule has 0 unspecified atom stereocenters. The van der Waals surface area contributed by atoms with Gasteiger partial charge in [-0.25, -0.2) is 0 Å². The van der Waals surface area contributed by atoms with Crippen LogP contribution >= 0.6 is 22.6 Å². The molecule has 35 heavy (non-hydrogen) atoms. The number of hydrogen-bond donors (Lipinski definition) is 0. The van der Waals surface area contributed by atoms with Gasteiger partial charge in [-0.05, 0) is 59.2 Å². The Labute approximate surface area is 219 Å². The van der Waals surface area contributed by atoms with Gasteiger partial charge in [0.2, 0.25) is 0 Å². The van der Waals surface area contributed by atoms with Crippen molar-refractivity contribution in [3.63, 3.8) is 0 Å². The lowest BCUT2D eigenvalue weighted by Gasteiger charge is -2.41. The van der Waals surface area contributed by atoms with Crippen molar-refractivity contribution in [2.75, 3.05) is 20.8 Å². The fourth-order valence-corrected chi connectivity index (χ4v) is 6.18. The molecule has 186 valence electrons. The van der Waals surface area contributed by atoms with E-state index in [9.17, 15) is 9.59 Å². The largest absolute Gasteiger partial charge is 0.496 e. The van der Waals surface area contributed by atoms with Crippen LogP contribution in [0, 0.1) is 3.57 Å². The van der Waals surface area contributed by atoms with Gasteiger partial charge in [-0.15, -0.1) is 0 Å². The zero-order valence-electron chi connectivity index (χ0n) is 20.5. The van der Waals surface area contributed by atoms with Crippen molar-refractivity contribution in [3.05, 3.63) is 62.9 Å². The molecule has 2 aromatic carbocycles. The third-order valence-electron chi connectivity index (χ3n) is 6.77. The van der Waals surface area contributed by atoms with E-state index in [4.69, 9.17) is 14.2 Å². The van der Waals surface area contributed by atoms with Crippen LogP contribution in [0.4, 0.5) is 0 Å². The second-order valence-corrected chi connectivity index (χ2v) is 9.74. The van der Waals surface area contributed by atoms with E-state index in [1.165, 1.54) is 7.11 Å². The molecule has 0 amide bonds. The number of benzene rings is 2. The molecule has 0 fully saturated rings. The molecule has 8 heteroatoms. The van der Waals surface area contributed by atoms with E-state index < -0.39 is 6.04 Å². The summed E-state index contributed by atoms with van der Waals surface area (Å²) in [5.74, 6) is 0.295. The molecule has 0 aliphatic carbocycles. The number of nitrogens with zero attached hydrogens (tertiary/aromatic N) is 2. The molecule has 0 saturated heterocycles. The van der Waals surface area contributed by atoms with Crippen molar-refractivity contribution in [1.82, 2.24) is 9.47 Å². The van der Waals surface area contributed by atoms with Crippen LogP contribution < -0.4 is 4.74 Å². The highest BCUT2D eigenvalue weighted by Crippen LogP contribution is 2.45. The van der Waals surface area contributed by atoms with Crippen LogP contribution in [0.3, 0.4) is 0 Å². The van der Waals surface area contributed by atoms with Crippen LogP contribution in [0.2, 0.25) is 0 Å². The first-order chi connectivity index (χ1) is 16.9. The Morgan fingerprint density at radius 3 is 2.51 bits per heavy atom. The normalized spacial score (nSPS) is 17.7. The number of aromatic nitrogens is 1. The summed E-state index contributed by atoms with van der Waals surface area (Å²) >= 11 is 2.33. The third kappa shape index (κ3) is 4.91. The predicted octanol–water partition coefficient (Wildman–Crippen LogP) is 4.78. The van der Waals surface area contributed by atoms with Crippen molar-refractivity contribution in [3.8, 4) is 5.75 Å². The van der Waals surface area contributed by atoms with Crippen LogP contribution in [-0.2, 0) is 39.1 Å². The van der Waals surface area contributed by atoms with Crippen molar-refractivity contribution in [1.29, 1.82) is 0 Å². The number of ether oxygens (including phenoxy) is 3. The highest BCUT2D eigenvalue weighted by atomic mass is 127. The molecule has 0 radical (unpaired) electrons. The van der Waals surface area contributed by atoms with Crippen LogP contribution in [0.15, 0.2) is 42.5 Å². The predicted molar refractivity (Wildman–Crippen MR) is 142 cm³/mol. The van der Waals surface area contributed by atoms with E-state index >= 15 is 0 Å². The first-order valence-electron chi connectivity index (χ1n) is 11.8. The van der Waals surface area contributed by atoms with E-state index in [1.807, 2.05) is 31.2 Å². The Kier molecular flexibility index (Phi) is 8.01. The minimum Gasteiger partial charge on any atom is -0.496 e. The number of carbonyl (C=O) groups excluding carboxylic acids is 2. The number of halogens is 1. The molecule has 1 aliphatic heterocycles. The topological polar surface area (TPSA) is 70.0 Å². The third-order valence-corrected chi connectivity index (χ3v) is 7.84. The van der Waals surface area contributed by atoms with Gasteiger partial charge in [0.05, 0.1) is 30.4 Å². The van der Waals surface area contributed by atoms with Crippen molar-refractivity contribution >= 4 is 45.4 Å². The lowest BCUT2D eigenvalue weighted by molar-refractivity contribution is -0.151. The number of methoxy groups -OCH3 is 2. The van der Waals surface area contributed by atoms with Gasteiger partial charge in [0, 0.05) is 43.0 Å². The standard InChI is InChI=1S/C27H31IN2O5/c1-5-35-27(32)21-15-18-24-19(11-13-22(33-3)25(24)28)29(2)26(18)20(12-14-23(31)34-4)30(21)16-17-9-7-6-8-10-17/h6-11,13,20-21H,5,12,14-16H2,1-4H3/t20-,21+/m0/s1. The van der Waals surface area contributed by atoms with E-state index in [-0.39, 0.29) is 24.4 Å². The van der Waals surface area contributed by atoms with Crippen LogP contribution in [0.25, 0.3) is 10.9 Å². The average Bonchev–Trinajstić information content (AvgIpc) is 3.16. The maximum atomic E-state index is 13.3. The number of hydrogen-bond acceptors (Lipinski definition) is 6. The summed E-state index contributed by atoms with van der Waals surface area (Å²) in [5, 5.41) is 1.10. The maximum absolute atomic E-state index is 13.3. The molecule has 0 N–H and O–H groups in total. The molecular weight excluding hydrogens is 559 g/mol. The van der Waals surface area contributed by atoms with Crippen molar-refractivity contribution < 1.29 is 23.8 Å². The number of esters is 2. The molecular formula is C27H31IN2O5. The van der Waals surface area contributed by atoms with E-state index in [0.29, 0.717) is 26.0 Å². The van der Waals surface area contributed by atoms with Crippen molar-refractivity contribution in [2.24, 2.45) is 7.05 Å². The van der Waals surface area contributed by atoms with Crippen LogP contribution in [0.1, 0.15) is 42.6 Å². The molecule has 2 atom stereocenters. The monoisotopic (exact) mass is 590 g/mol. The summed E-state index contributed by atoms with van der Waals surface area (Å²) in [4.78, 5) is 27.7. The summed E-state index contributed by atoms with van der Waals surface area (Å²) in [7, 11) is 5.13. The first kappa shape index (κ1) is 25.5. The van der Waals surface area contributed by atoms with Gasteiger partial charge in [-0.2, -0.15) is 0 Å². The number of aryl methyl sites for hydroxylation is 1. The SMILES string of the molecule is CCOC(=O)[C@H]1Cc2c(n(C)c3ccc(OC)c(I)c23)[C@H](CCC(=O)OC)N1Cc1ccccc1. The fraction of sp³-hybridized carbons (Fsp3) is 0.407. The molecule has 0 bridgehead atoms. The van der Waals surface area contributed by atoms with Gasteiger partial charge >= 0.3 is 11.9 Å². The van der Waals surface area contributed by atoms with E-state index in [0.717, 1.165) is 37.0 Å². The second kappa shape index (κ2) is 11.0. The Balaban J connectivity index is 1.91. The number of rotatable bonds is 8. The molecule has 3 aromatic rings. The molecule has 1 aliphatic rings. The molecule has 1 aromatic heterocycles. The van der Waals surface area contributed by atoms with Crippen LogP contribution in [0.5, 0.6) is 5.75 Å². The summed E-state index contributed by atoms with van der Waals surface area (Å²) < 4.78 is 19.3. The lowest BCUT2D eigenvalue weighted by atomic mass is 9.88. The molecule has 0 saturated carbocycles. The second-order valence-electron chi connectivity index (χ2n) is 8.66. The quantitative estimate of drug-likeness (QED) is 0.278. The van der Waals surface area contributed by atoms with Gasteiger partial charge in [-0.3, -0.25) is 14.5 Å². The van der Waals surface area contributed by atoms with Gasteiger partial charge in [0.1, 0.15) is 11.8 Å². The number of carbonyl (C=O) groups is 2. The van der Waals surface area contributed by atoms with Gasteiger partial charge in [0.25, 0.3) is 0 Å². The molecule has 2 heterocycles. The number of fused-ring (bicyclic) bond motifs is 3. The Morgan fingerprint density at radius 2 is 1.86 bits per heavy atom. The van der Waals surface area contributed by atoms with E-state index in [2.05, 4.69) is 57.3 Å². The average molecular weight is 590 g/mol. The zero-order valence-corrected chi connectivity index (χ0v) is 22.7. The maximum Gasteiger partial charge on any atom is 0.323 e. The molecule has 0 spiro atoms. The Hall–Kier alpha value is -2.59. The highest BCUT2D eigenvalue weighted by molar-refractivity contribution is 14.1. The summed E-state index contributed by atoms with van der Waals surface area (Å²) in [6, 6.07) is 13.5. The van der Waals surface area contributed by atoms with Crippen molar-refractivity contribution in [2.45, 2.75) is 44.8 Å². The summed E-state index contributed by atoms with van der Waals surface area (Å²) in [5.41, 5.74) is 4.41. The van der Waals surface area contributed by atoms with Crippen LogP contribution in [-0.4, -0.2) is 48.3 Å². The summed E-state index contributed by atoms with van der Waals surface area (Å²) in [6.07, 6.45) is 1.31. The first-order valence-corrected chi connectivity index (χ1v) is 12.9. The summed E-state index contributed by atoms with van der Waals surface area (Å²) in [6.45, 7) is 2.71. The highest BCUT2D eigenvalue weighted by Gasteiger charge is 2.42. The minimum atomic E-state index is -0.474. The lowest BCUT2D eigenvalue weighted by Crippen LogP contribution is -2.49. The zero-order chi connectivity index (χ0) is 25.1. The van der Waals surface area contributed by atoms with Gasteiger partial charge < -0.3 is 18.8 Å². The molecule has 7 nitrogen and oxygen atoms in total. The molecule has 4 rings (SSSR count). The minimum absolute atomic E-state index is 0.174. The van der Waals surface area contributed by atoms with Gasteiger partial charge in [-0.1, -0.05) is 30.3 Å². The smallest absolute Gasteiger partial charge is 0.323 e. The Morgan fingerprint density at radius 1 is 1.11 bits per heavy atom.